The van der Waals surface area contributed by atoms with Gasteiger partial charge in [0.05, 0.1) is 37.8 Å². The maximum atomic E-state index is 12.4. The smallest absolute Gasteiger partial charge is 0.348 e. The summed E-state index contributed by atoms with van der Waals surface area (Å²) in [4.78, 5) is 18.6. The Labute approximate surface area is 230 Å². The second-order valence-electron chi connectivity index (χ2n) is 9.57. The number of nitrogens with zero attached hydrogens (tertiary/aromatic N) is 2. The zero-order valence-electron chi connectivity index (χ0n) is 21.8. The predicted molar refractivity (Wildman–Crippen MR) is 152 cm³/mol. The van der Waals surface area contributed by atoms with E-state index in [2.05, 4.69) is 53.1 Å². The largest absolute Gasteiger partial charge is 0.460 e. The number of thiophene rings is 1. The maximum absolute atomic E-state index is 12.4. The van der Waals surface area contributed by atoms with E-state index in [1.54, 1.807) is 0 Å². The Morgan fingerprint density at radius 3 is 2.76 bits per heavy atom. The van der Waals surface area contributed by atoms with Crippen molar-refractivity contribution in [1.29, 1.82) is 0 Å². The highest BCUT2D eigenvalue weighted by molar-refractivity contribution is 7.13. The molecule has 0 spiro atoms. The van der Waals surface area contributed by atoms with Gasteiger partial charge in [-0.25, -0.2) is 4.79 Å². The first-order valence-corrected chi connectivity index (χ1v) is 14.7. The summed E-state index contributed by atoms with van der Waals surface area (Å²) in [6.45, 7) is 8.55. The number of benzene rings is 1. The van der Waals surface area contributed by atoms with Crippen molar-refractivity contribution in [2.24, 2.45) is 0 Å². The number of rotatable bonds is 13. The van der Waals surface area contributed by atoms with Gasteiger partial charge in [-0.15, -0.1) is 22.9 Å². The first-order chi connectivity index (χ1) is 18.1. The van der Waals surface area contributed by atoms with Crippen LogP contribution in [0.15, 0.2) is 42.5 Å². The van der Waals surface area contributed by atoms with Crippen LogP contribution in [0.5, 0.6) is 0 Å². The molecular weight excluding hydrogens is 508 g/mol. The van der Waals surface area contributed by atoms with E-state index < -0.39 is 0 Å². The molecule has 37 heavy (non-hydrogen) atoms. The zero-order valence-corrected chi connectivity index (χ0v) is 23.4. The van der Waals surface area contributed by atoms with Crippen molar-refractivity contribution in [3.8, 4) is 0 Å². The van der Waals surface area contributed by atoms with Crippen molar-refractivity contribution < 1.29 is 19.0 Å². The summed E-state index contributed by atoms with van der Waals surface area (Å²) >= 11 is 8.11. The average molecular weight is 547 g/mol. The molecule has 1 aromatic heterocycles. The molecule has 8 heteroatoms. The van der Waals surface area contributed by atoms with Gasteiger partial charge >= 0.3 is 5.97 Å². The molecule has 6 nitrogen and oxygen atoms in total. The molecule has 4 rings (SSSR count). The molecule has 3 heterocycles. The number of carbonyl (C=O) groups is 1. The van der Waals surface area contributed by atoms with E-state index in [0.717, 1.165) is 57.1 Å². The molecule has 2 aliphatic rings. The van der Waals surface area contributed by atoms with Crippen LogP contribution in [0.1, 0.15) is 52.7 Å². The van der Waals surface area contributed by atoms with Crippen LogP contribution in [0.4, 0.5) is 5.69 Å². The van der Waals surface area contributed by atoms with E-state index in [0.29, 0.717) is 24.7 Å². The van der Waals surface area contributed by atoms with Gasteiger partial charge in [0.1, 0.15) is 11.5 Å². The number of carbonyl (C=O) groups excluding carboxylic acids is 1. The van der Waals surface area contributed by atoms with Crippen molar-refractivity contribution in [2.45, 2.75) is 50.6 Å². The van der Waals surface area contributed by atoms with Gasteiger partial charge in [0.2, 0.25) is 0 Å². The lowest BCUT2D eigenvalue weighted by molar-refractivity contribution is 0.0197. The van der Waals surface area contributed by atoms with E-state index in [1.807, 2.05) is 12.1 Å². The second-order valence-corrected chi connectivity index (χ2v) is 11.3. The lowest BCUT2D eigenvalue weighted by Gasteiger charge is -2.28. The lowest BCUT2D eigenvalue weighted by atomic mass is 10.1. The molecule has 1 aromatic carbocycles. The van der Waals surface area contributed by atoms with Crippen molar-refractivity contribution in [2.75, 3.05) is 57.5 Å². The van der Waals surface area contributed by atoms with Gasteiger partial charge in [0.25, 0.3) is 0 Å². The van der Waals surface area contributed by atoms with Gasteiger partial charge < -0.3 is 19.1 Å². The zero-order chi connectivity index (χ0) is 25.9. The first kappa shape index (κ1) is 28.1. The fraction of sp³-hybridized carbons (Fsp3) is 0.552. The number of ether oxygens (including phenoxy) is 3. The van der Waals surface area contributed by atoms with Crippen LogP contribution in [0, 0.1) is 0 Å². The Kier molecular flexibility index (Phi) is 11.3. The topological polar surface area (TPSA) is 51.2 Å². The molecule has 2 atom stereocenters. The van der Waals surface area contributed by atoms with E-state index in [-0.39, 0.29) is 17.4 Å². The third-order valence-electron chi connectivity index (χ3n) is 6.86. The van der Waals surface area contributed by atoms with Crippen LogP contribution in [0.2, 0.25) is 0 Å². The van der Waals surface area contributed by atoms with Crippen LogP contribution in [-0.4, -0.2) is 74.9 Å². The summed E-state index contributed by atoms with van der Waals surface area (Å²) in [7, 11) is 0. The summed E-state index contributed by atoms with van der Waals surface area (Å²) < 4.78 is 16.9. The van der Waals surface area contributed by atoms with Crippen molar-refractivity contribution >= 4 is 40.7 Å². The number of allylic oxidation sites excluding steroid dienone is 1. The fourth-order valence-corrected chi connectivity index (χ4v) is 5.80. The summed E-state index contributed by atoms with van der Waals surface area (Å²) in [5.74, 6) is -0.268. The number of hydrogen-bond acceptors (Lipinski definition) is 7. The fourth-order valence-electron chi connectivity index (χ4n) is 4.66. The summed E-state index contributed by atoms with van der Waals surface area (Å²) in [6, 6.07) is 12.6. The molecule has 0 aliphatic carbocycles. The maximum Gasteiger partial charge on any atom is 0.348 e. The minimum atomic E-state index is -0.268. The Morgan fingerprint density at radius 1 is 1.16 bits per heavy atom. The quantitative estimate of drug-likeness (QED) is 0.179. The predicted octanol–water partition coefficient (Wildman–Crippen LogP) is 5.84. The van der Waals surface area contributed by atoms with Gasteiger partial charge in [-0.3, -0.25) is 4.90 Å². The molecule has 2 aromatic rings. The minimum Gasteiger partial charge on any atom is -0.460 e. The molecular formula is C29H39ClN2O4S. The molecule has 2 fully saturated rings. The Morgan fingerprint density at radius 2 is 1.97 bits per heavy atom. The second kappa shape index (κ2) is 14.9. The van der Waals surface area contributed by atoms with Crippen LogP contribution in [-0.2, 0) is 20.8 Å². The highest BCUT2D eigenvalue weighted by Crippen LogP contribution is 2.30. The molecule has 0 saturated carbocycles. The van der Waals surface area contributed by atoms with E-state index in [1.165, 1.54) is 35.4 Å². The number of anilines is 1. The Hall–Kier alpha value is -1.90. The molecule has 2 saturated heterocycles. The van der Waals surface area contributed by atoms with Crippen LogP contribution >= 0.6 is 22.9 Å². The highest BCUT2D eigenvalue weighted by Gasteiger charge is 2.33. The number of alkyl halides is 1. The summed E-state index contributed by atoms with van der Waals surface area (Å²) in [5.41, 5.74) is 2.41. The van der Waals surface area contributed by atoms with Gasteiger partial charge in [-0.1, -0.05) is 44.1 Å². The van der Waals surface area contributed by atoms with Gasteiger partial charge in [0.15, 0.2) is 0 Å². The Balaban J connectivity index is 1.21. The van der Waals surface area contributed by atoms with Crippen LogP contribution < -0.4 is 4.90 Å². The van der Waals surface area contributed by atoms with E-state index in [4.69, 9.17) is 25.8 Å². The summed E-state index contributed by atoms with van der Waals surface area (Å²) in [6.07, 6.45) is 8.96. The normalized spacial score (nSPS) is 20.6. The molecule has 2 aliphatic heterocycles. The minimum absolute atomic E-state index is 0.0500. The lowest BCUT2D eigenvalue weighted by Crippen LogP contribution is -2.38. The number of esters is 1. The standard InChI is InChI=1S/C29H39ClN2O4S/c1-2-3-4-5-6-23-7-9-24(10-8-23)32-14-13-26(30)27(32)22-35-21-25-11-12-28(37-25)29(33)36-20-17-31-15-18-34-19-16-31/h5-12,26-27H,2-4,13-22H2,1H3/b6-5+/t26-,27+/m1/s1. The Bertz CT molecular complexity index is 990. The number of hydrogen-bond donors (Lipinski definition) is 0. The highest BCUT2D eigenvalue weighted by atomic mass is 35.5. The number of unbranched alkanes of at least 4 members (excludes halogenated alkanes) is 2. The average Bonchev–Trinajstić information content (AvgIpc) is 3.55. The van der Waals surface area contributed by atoms with E-state index >= 15 is 0 Å². The molecule has 0 unspecified atom stereocenters. The SMILES string of the molecule is CCCC/C=C/c1ccc(N2CC[C@@H](Cl)[C@@H]2COCc2ccc(C(=O)OCCN3CCOCC3)s2)cc1. The third-order valence-corrected chi connectivity index (χ3v) is 8.41. The van der Waals surface area contributed by atoms with Crippen LogP contribution in [0.25, 0.3) is 6.08 Å². The van der Waals surface area contributed by atoms with Gasteiger partial charge in [0, 0.05) is 36.7 Å². The van der Waals surface area contributed by atoms with Crippen LogP contribution in [0.3, 0.4) is 0 Å². The molecule has 0 amide bonds. The number of morpholine rings is 1. The third kappa shape index (κ3) is 8.55. The summed E-state index contributed by atoms with van der Waals surface area (Å²) in [5, 5.41) is 0.0500. The molecule has 0 bridgehead atoms. The molecule has 202 valence electrons. The van der Waals surface area contributed by atoms with Gasteiger partial charge in [-0.05, 0) is 42.7 Å². The van der Waals surface area contributed by atoms with Gasteiger partial charge in [-0.2, -0.15) is 0 Å². The van der Waals surface area contributed by atoms with Crippen molar-refractivity contribution in [3.05, 3.63) is 57.8 Å². The monoisotopic (exact) mass is 546 g/mol. The molecule has 0 radical (unpaired) electrons. The van der Waals surface area contributed by atoms with Crippen molar-refractivity contribution in [3.63, 3.8) is 0 Å². The first-order valence-electron chi connectivity index (χ1n) is 13.4. The number of halogens is 1. The van der Waals surface area contributed by atoms with E-state index in [9.17, 15) is 4.79 Å². The molecule has 0 N–H and O–H groups in total. The van der Waals surface area contributed by atoms with Crippen molar-refractivity contribution in [1.82, 2.24) is 4.90 Å².